The second-order valence-corrected chi connectivity index (χ2v) is 5.13. The summed E-state index contributed by atoms with van der Waals surface area (Å²) in [6.07, 6.45) is 2.69. The monoisotopic (exact) mass is 262 g/mol. The summed E-state index contributed by atoms with van der Waals surface area (Å²) in [4.78, 5) is 2.57. The van der Waals surface area contributed by atoms with Gasteiger partial charge in [0, 0.05) is 19.1 Å². The van der Waals surface area contributed by atoms with Crippen molar-refractivity contribution in [3.63, 3.8) is 0 Å². The first kappa shape index (κ1) is 14.4. The van der Waals surface area contributed by atoms with E-state index in [4.69, 9.17) is 4.74 Å². The molecule has 0 saturated carbocycles. The van der Waals surface area contributed by atoms with E-state index in [0.717, 1.165) is 31.5 Å². The average Bonchev–Trinajstić information content (AvgIpc) is 2.88. The number of nitrogens with one attached hydrogen (secondary N) is 1. The van der Waals surface area contributed by atoms with Crippen LogP contribution >= 0.6 is 0 Å². The Morgan fingerprint density at radius 1 is 1.26 bits per heavy atom. The van der Waals surface area contributed by atoms with Crippen molar-refractivity contribution in [3.8, 4) is 5.75 Å². The van der Waals surface area contributed by atoms with Crippen LogP contribution in [0.1, 0.15) is 32.3 Å². The first-order valence-corrected chi connectivity index (χ1v) is 7.50. The second kappa shape index (κ2) is 7.51. The third kappa shape index (κ3) is 4.22. The van der Waals surface area contributed by atoms with E-state index in [2.05, 4.69) is 41.4 Å². The van der Waals surface area contributed by atoms with E-state index >= 15 is 0 Å². The molecule has 3 nitrogen and oxygen atoms in total. The molecule has 3 heteroatoms. The molecule has 0 unspecified atom stereocenters. The predicted octanol–water partition coefficient (Wildman–Crippen LogP) is 2.66. The Morgan fingerprint density at radius 2 is 2.05 bits per heavy atom. The molecule has 106 valence electrons. The van der Waals surface area contributed by atoms with Crippen LogP contribution in [0.4, 0.5) is 0 Å². The van der Waals surface area contributed by atoms with Gasteiger partial charge in [0.25, 0.3) is 0 Å². The lowest BCUT2D eigenvalue weighted by Crippen LogP contribution is -2.37. The van der Waals surface area contributed by atoms with Crippen molar-refractivity contribution in [2.45, 2.75) is 39.3 Å². The van der Waals surface area contributed by atoms with Crippen LogP contribution in [0.3, 0.4) is 0 Å². The van der Waals surface area contributed by atoms with Gasteiger partial charge in [-0.05, 0) is 50.6 Å². The maximum absolute atomic E-state index is 5.45. The van der Waals surface area contributed by atoms with Gasteiger partial charge in [-0.25, -0.2) is 0 Å². The van der Waals surface area contributed by atoms with Gasteiger partial charge >= 0.3 is 0 Å². The Morgan fingerprint density at radius 3 is 2.74 bits per heavy atom. The van der Waals surface area contributed by atoms with Gasteiger partial charge in [0.05, 0.1) is 6.61 Å². The van der Waals surface area contributed by atoms with E-state index in [1.54, 1.807) is 0 Å². The first-order valence-electron chi connectivity index (χ1n) is 7.50. The number of benzene rings is 1. The van der Waals surface area contributed by atoms with E-state index in [0.29, 0.717) is 0 Å². The maximum atomic E-state index is 5.45. The normalized spacial score (nSPS) is 19.8. The van der Waals surface area contributed by atoms with E-state index in [-0.39, 0.29) is 0 Å². The van der Waals surface area contributed by atoms with Crippen molar-refractivity contribution in [1.29, 1.82) is 0 Å². The average molecular weight is 262 g/mol. The van der Waals surface area contributed by atoms with Crippen LogP contribution in [0.5, 0.6) is 5.75 Å². The summed E-state index contributed by atoms with van der Waals surface area (Å²) in [5.41, 5.74) is 1.32. The second-order valence-electron chi connectivity index (χ2n) is 5.13. The topological polar surface area (TPSA) is 24.5 Å². The molecule has 1 N–H and O–H groups in total. The fraction of sp³-hybridized carbons (Fsp3) is 0.625. The number of hydrogen-bond donors (Lipinski definition) is 1. The Labute approximate surface area is 116 Å². The first-order chi connectivity index (χ1) is 9.33. The van der Waals surface area contributed by atoms with Gasteiger partial charge in [0.15, 0.2) is 0 Å². The molecule has 1 aromatic rings. The number of nitrogens with zero attached hydrogens (tertiary/aromatic N) is 1. The summed E-state index contributed by atoms with van der Waals surface area (Å²) in [5.74, 6) is 0.958. The maximum Gasteiger partial charge on any atom is 0.119 e. The quantitative estimate of drug-likeness (QED) is 0.817. The molecule has 1 heterocycles. The van der Waals surface area contributed by atoms with Gasteiger partial charge < -0.3 is 10.1 Å². The van der Waals surface area contributed by atoms with Gasteiger partial charge in [-0.3, -0.25) is 4.90 Å². The van der Waals surface area contributed by atoms with Crippen LogP contribution in [0.25, 0.3) is 0 Å². The molecule has 1 aliphatic rings. The molecule has 1 atom stereocenters. The Balaban J connectivity index is 1.73. The lowest BCUT2D eigenvalue weighted by molar-refractivity contribution is 0.260. The number of hydrogen-bond acceptors (Lipinski definition) is 3. The zero-order chi connectivity index (χ0) is 13.5. The number of ether oxygens (including phenoxy) is 1. The zero-order valence-corrected chi connectivity index (χ0v) is 12.2. The molecule has 0 radical (unpaired) electrons. The highest BCUT2D eigenvalue weighted by atomic mass is 16.5. The summed E-state index contributed by atoms with van der Waals surface area (Å²) < 4.78 is 5.45. The fourth-order valence-electron chi connectivity index (χ4n) is 2.80. The summed E-state index contributed by atoms with van der Waals surface area (Å²) in [6.45, 7) is 9.48. The number of likely N-dealkylation sites (N-methyl/N-ethyl adjacent to an activating group) is 1. The highest BCUT2D eigenvalue weighted by Crippen LogP contribution is 2.16. The largest absolute Gasteiger partial charge is 0.494 e. The molecule has 0 aliphatic carbocycles. The van der Waals surface area contributed by atoms with Crippen LogP contribution in [0.2, 0.25) is 0 Å². The Kier molecular flexibility index (Phi) is 5.67. The lowest BCUT2D eigenvalue weighted by atomic mass is 10.2. The van der Waals surface area contributed by atoms with Crippen LogP contribution in [-0.4, -0.2) is 37.2 Å². The molecule has 1 aromatic carbocycles. The van der Waals surface area contributed by atoms with Gasteiger partial charge in [0.1, 0.15) is 5.75 Å². The molecule has 0 amide bonds. The summed E-state index contributed by atoms with van der Waals surface area (Å²) in [7, 11) is 0. The molecular weight excluding hydrogens is 236 g/mol. The third-order valence-corrected chi connectivity index (χ3v) is 3.85. The molecule has 1 fully saturated rings. The van der Waals surface area contributed by atoms with Crippen molar-refractivity contribution in [1.82, 2.24) is 10.2 Å². The Bertz CT molecular complexity index is 364. The smallest absolute Gasteiger partial charge is 0.119 e. The van der Waals surface area contributed by atoms with E-state index < -0.39 is 0 Å². The van der Waals surface area contributed by atoms with E-state index in [1.165, 1.54) is 31.5 Å². The molecule has 2 rings (SSSR count). The fourth-order valence-corrected chi connectivity index (χ4v) is 2.80. The van der Waals surface area contributed by atoms with Crippen molar-refractivity contribution in [2.24, 2.45) is 0 Å². The molecule has 0 spiro atoms. The van der Waals surface area contributed by atoms with E-state index in [9.17, 15) is 0 Å². The molecule has 0 aromatic heterocycles. The van der Waals surface area contributed by atoms with E-state index in [1.807, 2.05) is 6.92 Å². The number of likely N-dealkylation sites (tertiary alicyclic amines) is 1. The van der Waals surface area contributed by atoms with Gasteiger partial charge in [-0.1, -0.05) is 19.1 Å². The standard InChI is InChI=1S/C16H26N2O/c1-3-18-11-5-6-15(18)13-17-12-14-7-9-16(10-8-14)19-4-2/h7-10,15,17H,3-6,11-13H2,1-2H3/t15-/m1/s1. The van der Waals surface area contributed by atoms with Gasteiger partial charge in [-0.2, -0.15) is 0 Å². The van der Waals surface area contributed by atoms with Crippen LogP contribution in [0, 0.1) is 0 Å². The van der Waals surface area contributed by atoms with Crippen molar-refractivity contribution < 1.29 is 4.74 Å². The minimum Gasteiger partial charge on any atom is -0.494 e. The summed E-state index contributed by atoms with van der Waals surface area (Å²) >= 11 is 0. The minimum atomic E-state index is 0.728. The van der Waals surface area contributed by atoms with Crippen LogP contribution in [0.15, 0.2) is 24.3 Å². The highest BCUT2D eigenvalue weighted by Gasteiger charge is 2.21. The van der Waals surface area contributed by atoms with Gasteiger partial charge in [0.2, 0.25) is 0 Å². The highest BCUT2D eigenvalue weighted by molar-refractivity contribution is 5.27. The SMILES string of the molecule is CCOc1ccc(CNC[C@H]2CCCN2CC)cc1. The predicted molar refractivity (Wildman–Crippen MR) is 79.6 cm³/mol. The third-order valence-electron chi connectivity index (χ3n) is 3.85. The molecule has 1 saturated heterocycles. The van der Waals surface area contributed by atoms with Gasteiger partial charge in [-0.15, -0.1) is 0 Å². The molecular formula is C16H26N2O. The van der Waals surface area contributed by atoms with Crippen LogP contribution < -0.4 is 10.1 Å². The Hall–Kier alpha value is -1.06. The van der Waals surface area contributed by atoms with Crippen molar-refractivity contribution >= 4 is 0 Å². The molecule has 19 heavy (non-hydrogen) atoms. The number of rotatable bonds is 7. The minimum absolute atomic E-state index is 0.728. The summed E-state index contributed by atoms with van der Waals surface area (Å²) in [5, 5.41) is 3.58. The van der Waals surface area contributed by atoms with Crippen molar-refractivity contribution in [3.05, 3.63) is 29.8 Å². The van der Waals surface area contributed by atoms with Crippen LogP contribution in [-0.2, 0) is 6.54 Å². The van der Waals surface area contributed by atoms with Crippen molar-refractivity contribution in [2.75, 3.05) is 26.2 Å². The molecule has 0 bridgehead atoms. The zero-order valence-electron chi connectivity index (χ0n) is 12.2. The molecule has 1 aliphatic heterocycles. The summed E-state index contributed by atoms with van der Waals surface area (Å²) in [6, 6.07) is 9.12. The lowest BCUT2D eigenvalue weighted by Gasteiger charge is -2.23.